The number of sulfonamides is 1. The van der Waals surface area contributed by atoms with Gasteiger partial charge in [-0.15, -0.1) is 0 Å². The Morgan fingerprint density at radius 3 is 2.11 bits per heavy atom. The Morgan fingerprint density at radius 2 is 1.70 bits per heavy atom. The summed E-state index contributed by atoms with van der Waals surface area (Å²) in [6, 6.07) is 2.76. The number of carbonyl (C=O) groups excluding carboxylic acids is 3. The monoisotopic (exact) mass is 393 g/mol. The molecule has 8 nitrogen and oxygen atoms in total. The van der Waals surface area contributed by atoms with E-state index in [4.69, 9.17) is 0 Å². The number of fused-ring (bicyclic) bond motifs is 2. The highest BCUT2D eigenvalue weighted by atomic mass is 32.2. The molecular formula is C18H19NO7S-2. The van der Waals surface area contributed by atoms with E-state index in [1.165, 1.54) is 0 Å². The maximum Gasteiger partial charge on any atom is 0.233 e. The number of aromatic carboxylic acids is 2. The quantitative estimate of drug-likeness (QED) is 0.689. The SMILES string of the molecule is CC1(C)[C@H]2CC[C@]1(CS(=O)(=O)Nc1cc(C(=O)[O-])cc(C(=O)[O-])c1)C(=O)C2. The van der Waals surface area contributed by atoms with Crippen LogP contribution in [0.3, 0.4) is 0 Å². The van der Waals surface area contributed by atoms with Crippen molar-refractivity contribution in [1.82, 2.24) is 0 Å². The van der Waals surface area contributed by atoms with Gasteiger partial charge in [-0.05, 0) is 53.5 Å². The molecule has 2 aliphatic carbocycles. The first-order valence-corrected chi connectivity index (χ1v) is 10.1. The number of ketones is 1. The van der Waals surface area contributed by atoms with Crippen LogP contribution >= 0.6 is 0 Å². The lowest BCUT2D eigenvalue weighted by Gasteiger charge is -2.36. The molecule has 0 saturated heterocycles. The molecule has 2 aliphatic rings. The van der Waals surface area contributed by atoms with Gasteiger partial charge in [0.25, 0.3) is 0 Å². The van der Waals surface area contributed by atoms with Crippen molar-refractivity contribution in [1.29, 1.82) is 0 Å². The standard InChI is InChI=1S/C18H21NO7S/c1-17(2)12-3-4-18(17,14(20)8-12)9-27(25,26)19-13-6-10(15(21)22)5-11(7-13)16(23)24/h5-7,12,19H,3-4,8-9H2,1-2H3,(H,21,22)(H,23,24)/p-2/t12-,18-/m0/s1. The highest BCUT2D eigenvalue weighted by Gasteiger charge is 2.65. The van der Waals surface area contributed by atoms with E-state index < -0.39 is 49.7 Å². The van der Waals surface area contributed by atoms with E-state index in [1.54, 1.807) is 0 Å². The van der Waals surface area contributed by atoms with E-state index in [0.29, 0.717) is 12.8 Å². The summed E-state index contributed by atoms with van der Waals surface area (Å²) < 4.78 is 27.7. The van der Waals surface area contributed by atoms with E-state index in [9.17, 15) is 33.0 Å². The molecule has 0 radical (unpaired) electrons. The van der Waals surface area contributed by atoms with Crippen molar-refractivity contribution in [3.63, 3.8) is 0 Å². The minimum absolute atomic E-state index is 0.0759. The molecule has 0 amide bonds. The molecule has 0 spiro atoms. The molecule has 2 fully saturated rings. The summed E-state index contributed by atoms with van der Waals surface area (Å²) >= 11 is 0. The van der Waals surface area contributed by atoms with Crippen LogP contribution in [0.15, 0.2) is 18.2 Å². The van der Waals surface area contributed by atoms with Crippen LogP contribution in [0.1, 0.15) is 53.8 Å². The Bertz CT molecular complexity index is 918. The molecule has 0 aliphatic heterocycles. The number of carboxylic acid groups (broad SMARTS) is 2. The van der Waals surface area contributed by atoms with Gasteiger partial charge in [-0.25, -0.2) is 8.42 Å². The number of rotatable bonds is 6. The molecule has 1 N–H and O–H groups in total. The summed E-state index contributed by atoms with van der Waals surface area (Å²) in [5.74, 6) is -3.66. The van der Waals surface area contributed by atoms with Gasteiger partial charge < -0.3 is 19.8 Å². The van der Waals surface area contributed by atoms with Crippen LogP contribution < -0.4 is 14.9 Å². The summed E-state index contributed by atoms with van der Waals surface area (Å²) in [7, 11) is -4.05. The van der Waals surface area contributed by atoms with Crippen molar-refractivity contribution in [2.24, 2.45) is 16.7 Å². The summed E-state index contributed by atoms with van der Waals surface area (Å²) in [6.45, 7) is 3.80. The molecule has 0 unspecified atom stereocenters. The molecule has 0 heterocycles. The van der Waals surface area contributed by atoms with Gasteiger partial charge in [0.05, 0.1) is 23.1 Å². The van der Waals surface area contributed by atoms with Crippen LogP contribution in [0.25, 0.3) is 0 Å². The predicted octanol–water partition coefficient (Wildman–Crippen LogP) is -0.449. The lowest BCUT2D eigenvalue weighted by molar-refractivity contribution is -0.255. The van der Waals surface area contributed by atoms with Crippen molar-refractivity contribution in [2.75, 3.05) is 10.5 Å². The third-order valence-electron chi connectivity index (χ3n) is 6.25. The van der Waals surface area contributed by atoms with Crippen LogP contribution in [0.4, 0.5) is 5.69 Å². The van der Waals surface area contributed by atoms with Crippen molar-refractivity contribution >= 4 is 33.4 Å². The third kappa shape index (κ3) is 3.09. The lowest BCUT2D eigenvalue weighted by atomic mass is 9.70. The fourth-order valence-electron chi connectivity index (χ4n) is 4.57. The van der Waals surface area contributed by atoms with Gasteiger partial charge in [0.1, 0.15) is 5.78 Å². The Labute approximate surface area is 156 Å². The molecule has 146 valence electrons. The molecular weight excluding hydrogens is 374 g/mol. The van der Waals surface area contributed by atoms with Gasteiger partial charge in [-0.1, -0.05) is 13.8 Å². The molecule has 2 saturated carbocycles. The molecule has 1 aromatic rings. The molecule has 2 bridgehead atoms. The minimum Gasteiger partial charge on any atom is -0.545 e. The van der Waals surface area contributed by atoms with Gasteiger partial charge in [0.2, 0.25) is 10.0 Å². The third-order valence-corrected chi connectivity index (χ3v) is 7.67. The number of hydrogen-bond donors (Lipinski definition) is 1. The summed E-state index contributed by atoms with van der Waals surface area (Å²) in [5.41, 5.74) is -2.67. The molecule has 1 aromatic carbocycles. The maximum atomic E-state index is 12.7. The summed E-state index contributed by atoms with van der Waals surface area (Å²) in [6.07, 6.45) is 1.62. The summed E-state index contributed by atoms with van der Waals surface area (Å²) in [5, 5.41) is 22.1. The van der Waals surface area contributed by atoms with Crippen molar-refractivity contribution < 1.29 is 33.0 Å². The van der Waals surface area contributed by atoms with Crippen LogP contribution in [-0.2, 0) is 14.8 Å². The number of anilines is 1. The van der Waals surface area contributed by atoms with E-state index in [1.807, 2.05) is 13.8 Å². The average Bonchev–Trinajstić information content (AvgIpc) is 2.87. The van der Waals surface area contributed by atoms with E-state index in [-0.39, 0.29) is 17.4 Å². The van der Waals surface area contributed by atoms with Gasteiger partial charge in [-0.3, -0.25) is 9.52 Å². The second-order valence-electron chi connectivity index (χ2n) is 7.90. The van der Waals surface area contributed by atoms with E-state index >= 15 is 0 Å². The number of carbonyl (C=O) groups is 3. The Kier molecular flexibility index (Phi) is 4.33. The molecule has 3 rings (SSSR count). The minimum atomic E-state index is -4.05. The largest absolute Gasteiger partial charge is 0.545 e. The molecule has 2 atom stereocenters. The summed E-state index contributed by atoms with van der Waals surface area (Å²) in [4.78, 5) is 34.6. The smallest absolute Gasteiger partial charge is 0.233 e. The van der Waals surface area contributed by atoms with Crippen molar-refractivity contribution in [3.05, 3.63) is 29.3 Å². The maximum absolute atomic E-state index is 12.7. The predicted molar refractivity (Wildman–Crippen MR) is 91.1 cm³/mol. The molecule has 0 aromatic heterocycles. The van der Waals surface area contributed by atoms with Crippen molar-refractivity contribution in [3.8, 4) is 0 Å². The first-order valence-electron chi connectivity index (χ1n) is 8.49. The van der Waals surface area contributed by atoms with E-state index in [2.05, 4.69) is 4.72 Å². The molecule has 9 heteroatoms. The van der Waals surface area contributed by atoms with Crippen LogP contribution in [0, 0.1) is 16.7 Å². The first-order chi connectivity index (χ1) is 12.4. The Hall–Kier alpha value is -2.42. The topological polar surface area (TPSA) is 144 Å². The number of hydrogen-bond acceptors (Lipinski definition) is 7. The zero-order valence-electron chi connectivity index (χ0n) is 14.9. The first kappa shape index (κ1) is 19.3. The fraction of sp³-hybridized carbons (Fsp3) is 0.500. The Morgan fingerprint density at radius 1 is 1.15 bits per heavy atom. The average molecular weight is 393 g/mol. The second-order valence-corrected chi connectivity index (χ2v) is 9.62. The fourth-order valence-corrected chi connectivity index (χ4v) is 6.45. The number of nitrogens with one attached hydrogen (secondary N) is 1. The van der Waals surface area contributed by atoms with Gasteiger partial charge >= 0.3 is 0 Å². The Balaban J connectivity index is 1.93. The highest BCUT2D eigenvalue weighted by Crippen LogP contribution is 2.64. The van der Waals surface area contributed by atoms with Crippen LogP contribution in [0.2, 0.25) is 0 Å². The van der Waals surface area contributed by atoms with Gasteiger partial charge in [0.15, 0.2) is 0 Å². The zero-order chi connectivity index (χ0) is 20.2. The zero-order valence-corrected chi connectivity index (χ0v) is 15.7. The van der Waals surface area contributed by atoms with Gasteiger partial charge in [-0.2, -0.15) is 0 Å². The normalized spacial score (nSPS) is 26.1. The van der Waals surface area contributed by atoms with Crippen LogP contribution in [-0.4, -0.2) is 31.9 Å². The van der Waals surface area contributed by atoms with Crippen molar-refractivity contribution in [2.45, 2.75) is 33.1 Å². The lowest BCUT2D eigenvalue weighted by Crippen LogP contribution is -2.43. The number of carboxylic acids is 2. The molecule has 27 heavy (non-hydrogen) atoms. The van der Waals surface area contributed by atoms with Crippen LogP contribution in [0.5, 0.6) is 0 Å². The van der Waals surface area contributed by atoms with E-state index in [0.717, 1.165) is 24.6 Å². The number of benzene rings is 1. The second kappa shape index (κ2) is 6.05. The van der Waals surface area contributed by atoms with Gasteiger partial charge in [0, 0.05) is 12.1 Å². The highest BCUT2D eigenvalue weighted by molar-refractivity contribution is 7.92. The number of Topliss-reactive ketones (excluding diaryl/α,β-unsaturated/α-hetero) is 1.